The van der Waals surface area contributed by atoms with Crippen LogP contribution in [-0.2, 0) is 6.54 Å². The first-order chi connectivity index (χ1) is 7.15. The fourth-order valence-corrected chi connectivity index (χ4v) is 1.50. The van der Waals surface area contributed by atoms with Crippen molar-refractivity contribution in [3.8, 4) is 0 Å². The Morgan fingerprint density at radius 3 is 2.20 bits per heavy atom. The molecule has 0 fully saturated rings. The van der Waals surface area contributed by atoms with Gasteiger partial charge in [0.15, 0.2) is 3.77 Å². The van der Waals surface area contributed by atoms with Crippen LogP contribution in [0, 0.1) is 3.77 Å². The minimum Gasteiger partial charge on any atom is -0.454 e. The predicted octanol–water partition coefficient (Wildman–Crippen LogP) is -0.310. The average Bonchev–Trinajstić information content (AvgIpc) is 2.67. The molecule has 1 rings (SSSR count). The maximum absolute atomic E-state index is 9.05. The molecular formula is C9H14INO4. The zero-order valence-corrected chi connectivity index (χ0v) is 10.3. The SMILES string of the molecule is OCC(CO)(CO)NCc1ccc(I)o1. The van der Waals surface area contributed by atoms with Crippen molar-refractivity contribution in [2.75, 3.05) is 19.8 Å². The number of aliphatic hydroxyl groups excluding tert-OH is 3. The molecular weight excluding hydrogens is 313 g/mol. The van der Waals surface area contributed by atoms with Crippen LogP contribution in [0.4, 0.5) is 0 Å². The lowest BCUT2D eigenvalue weighted by atomic mass is 10.0. The van der Waals surface area contributed by atoms with Crippen LogP contribution in [0.5, 0.6) is 0 Å². The highest BCUT2D eigenvalue weighted by Gasteiger charge is 2.27. The summed E-state index contributed by atoms with van der Waals surface area (Å²) in [5, 5.41) is 30.0. The number of hydrogen-bond donors (Lipinski definition) is 4. The molecule has 0 aliphatic heterocycles. The second-order valence-electron chi connectivity index (χ2n) is 3.31. The summed E-state index contributed by atoms with van der Waals surface area (Å²) in [5.41, 5.74) is -1.06. The van der Waals surface area contributed by atoms with E-state index in [1.54, 1.807) is 6.07 Å². The van der Waals surface area contributed by atoms with Crippen molar-refractivity contribution in [3.05, 3.63) is 21.7 Å². The smallest absolute Gasteiger partial charge is 0.164 e. The summed E-state index contributed by atoms with van der Waals surface area (Å²) in [6.45, 7) is -0.655. The number of nitrogens with one attached hydrogen (secondary N) is 1. The van der Waals surface area contributed by atoms with E-state index in [-0.39, 0.29) is 19.8 Å². The molecule has 1 heterocycles. The van der Waals surface area contributed by atoms with Crippen molar-refractivity contribution in [2.45, 2.75) is 12.1 Å². The topological polar surface area (TPSA) is 85.9 Å². The highest BCUT2D eigenvalue weighted by atomic mass is 127. The zero-order chi connectivity index (χ0) is 11.3. The molecule has 6 heteroatoms. The van der Waals surface area contributed by atoms with Crippen LogP contribution in [0.25, 0.3) is 0 Å². The summed E-state index contributed by atoms with van der Waals surface area (Å²) >= 11 is 2.05. The highest BCUT2D eigenvalue weighted by Crippen LogP contribution is 2.11. The monoisotopic (exact) mass is 327 g/mol. The second-order valence-corrected chi connectivity index (χ2v) is 4.38. The van der Waals surface area contributed by atoms with Crippen molar-refractivity contribution in [3.63, 3.8) is 0 Å². The minimum atomic E-state index is -1.06. The van der Waals surface area contributed by atoms with Gasteiger partial charge in [0, 0.05) is 0 Å². The first-order valence-corrected chi connectivity index (χ1v) is 5.55. The van der Waals surface area contributed by atoms with E-state index < -0.39 is 5.54 Å². The molecule has 1 aromatic heterocycles. The Labute approximate surface area is 101 Å². The molecule has 4 N–H and O–H groups in total. The molecule has 0 atom stereocenters. The van der Waals surface area contributed by atoms with Crippen LogP contribution in [0.1, 0.15) is 5.76 Å². The van der Waals surface area contributed by atoms with Crippen LogP contribution >= 0.6 is 22.6 Å². The highest BCUT2D eigenvalue weighted by molar-refractivity contribution is 14.1. The van der Waals surface area contributed by atoms with Gasteiger partial charge < -0.3 is 19.7 Å². The fourth-order valence-electron chi connectivity index (χ4n) is 1.04. The number of furan rings is 1. The molecule has 0 aliphatic rings. The zero-order valence-electron chi connectivity index (χ0n) is 8.11. The van der Waals surface area contributed by atoms with Gasteiger partial charge in [0.05, 0.1) is 31.9 Å². The summed E-state index contributed by atoms with van der Waals surface area (Å²) < 4.78 is 6.06. The Morgan fingerprint density at radius 1 is 1.20 bits per heavy atom. The Hall–Kier alpha value is -0.150. The van der Waals surface area contributed by atoms with Gasteiger partial charge in [-0.05, 0) is 34.7 Å². The standard InChI is InChI=1S/C9H14INO4/c10-8-2-1-7(15-8)3-11-9(4-12,5-13)6-14/h1-2,11-14H,3-6H2. The quantitative estimate of drug-likeness (QED) is 0.539. The summed E-state index contributed by atoms with van der Waals surface area (Å²) in [4.78, 5) is 0. The molecule has 0 amide bonds. The molecule has 0 saturated heterocycles. The van der Waals surface area contributed by atoms with Crippen LogP contribution in [0.3, 0.4) is 0 Å². The van der Waals surface area contributed by atoms with Gasteiger partial charge in [-0.2, -0.15) is 0 Å². The Kier molecular flexibility index (Phi) is 5.00. The molecule has 0 saturated carbocycles. The van der Waals surface area contributed by atoms with E-state index in [2.05, 4.69) is 5.32 Å². The lowest BCUT2D eigenvalue weighted by molar-refractivity contribution is 0.0401. The largest absolute Gasteiger partial charge is 0.454 e. The molecule has 0 aliphatic carbocycles. The van der Waals surface area contributed by atoms with E-state index in [9.17, 15) is 0 Å². The molecule has 5 nitrogen and oxygen atoms in total. The van der Waals surface area contributed by atoms with E-state index in [0.29, 0.717) is 12.3 Å². The van der Waals surface area contributed by atoms with E-state index in [0.717, 1.165) is 3.77 Å². The molecule has 0 aromatic carbocycles. The summed E-state index contributed by atoms with van der Waals surface area (Å²) in [6, 6.07) is 3.61. The van der Waals surface area contributed by atoms with Crippen molar-refractivity contribution in [2.24, 2.45) is 0 Å². The molecule has 0 spiro atoms. The van der Waals surface area contributed by atoms with Crippen molar-refractivity contribution in [1.29, 1.82) is 0 Å². The van der Waals surface area contributed by atoms with Crippen molar-refractivity contribution >= 4 is 22.6 Å². The minimum absolute atomic E-state index is 0.336. The number of aliphatic hydroxyl groups is 3. The maximum Gasteiger partial charge on any atom is 0.164 e. The van der Waals surface area contributed by atoms with Gasteiger partial charge in [-0.3, -0.25) is 5.32 Å². The van der Waals surface area contributed by atoms with Gasteiger partial charge in [-0.25, -0.2) is 0 Å². The van der Waals surface area contributed by atoms with Crippen molar-refractivity contribution in [1.82, 2.24) is 5.32 Å². The Bertz CT molecular complexity index is 290. The normalized spacial score (nSPS) is 12.0. The van der Waals surface area contributed by atoms with Gasteiger partial charge in [0.25, 0.3) is 0 Å². The lowest BCUT2D eigenvalue weighted by Crippen LogP contribution is -2.54. The average molecular weight is 327 g/mol. The molecule has 86 valence electrons. The first kappa shape index (κ1) is 12.9. The number of halogens is 1. The fraction of sp³-hybridized carbons (Fsp3) is 0.556. The van der Waals surface area contributed by atoms with Crippen LogP contribution < -0.4 is 5.32 Å². The summed E-state index contributed by atoms with van der Waals surface area (Å²) in [6.07, 6.45) is 0. The third-order valence-corrected chi connectivity index (χ3v) is 2.75. The maximum atomic E-state index is 9.05. The van der Waals surface area contributed by atoms with Gasteiger partial charge in [0.1, 0.15) is 5.76 Å². The molecule has 1 aromatic rings. The van der Waals surface area contributed by atoms with E-state index in [4.69, 9.17) is 19.7 Å². The number of hydrogen-bond acceptors (Lipinski definition) is 5. The van der Waals surface area contributed by atoms with Crippen molar-refractivity contribution < 1.29 is 19.7 Å². The molecule has 0 bridgehead atoms. The van der Waals surface area contributed by atoms with E-state index in [1.807, 2.05) is 28.7 Å². The van der Waals surface area contributed by atoms with Gasteiger partial charge >= 0.3 is 0 Å². The molecule has 15 heavy (non-hydrogen) atoms. The second kappa shape index (κ2) is 5.80. The van der Waals surface area contributed by atoms with E-state index >= 15 is 0 Å². The third-order valence-electron chi connectivity index (χ3n) is 2.17. The predicted molar refractivity (Wildman–Crippen MR) is 62.3 cm³/mol. The van der Waals surface area contributed by atoms with Gasteiger partial charge in [0.2, 0.25) is 0 Å². The first-order valence-electron chi connectivity index (χ1n) is 4.47. The van der Waals surface area contributed by atoms with Crippen LogP contribution in [0.15, 0.2) is 16.5 Å². The van der Waals surface area contributed by atoms with E-state index in [1.165, 1.54) is 0 Å². The molecule has 0 unspecified atom stereocenters. The Balaban J connectivity index is 2.54. The van der Waals surface area contributed by atoms with Crippen LogP contribution in [-0.4, -0.2) is 40.7 Å². The van der Waals surface area contributed by atoms with Gasteiger partial charge in [-0.15, -0.1) is 0 Å². The third kappa shape index (κ3) is 3.42. The van der Waals surface area contributed by atoms with Gasteiger partial charge in [-0.1, -0.05) is 0 Å². The summed E-state index contributed by atoms with van der Waals surface area (Å²) in [7, 11) is 0. The summed E-state index contributed by atoms with van der Waals surface area (Å²) in [5.74, 6) is 0.694. The molecule has 0 radical (unpaired) electrons. The lowest BCUT2D eigenvalue weighted by Gasteiger charge is -2.28. The Morgan fingerprint density at radius 2 is 1.80 bits per heavy atom. The number of rotatable bonds is 6. The van der Waals surface area contributed by atoms with Crippen LogP contribution in [0.2, 0.25) is 0 Å².